The maximum absolute atomic E-state index is 12.9. The third-order valence-corrected chi connectivity index (χ3v) is 5.66. The van der Waals surface area contributed by atoms with E-state index in [0.29, 0.717) is 18.0 Å². The zero-order valence-corrected chi connectivity index (χ0v) is 15.7. The molecule has 1 aliphatic rings. The van der Waals surface area contributed by atoms with Crippen LogP contribution in [0.2, 0.25) is 0 Å². The molecule has 0 fully saturated rings. The van der Waals surface area contributed by atoms with E-state index in [1.54, 1.807) is 11.0 Å². The van der Waals surface area contributed by atoms with Gasteiger partial charge < -0.3 is 9.64 Å². The molecular formula is C18H24N2O4S. The second-order valence-corrected chi connectivity index (χ2v) is 8.43. The zero-order valence-electron chi connectivity index (χ0n) is 14.9. The van der Waals surface area contributed by atoms with Gasteiger partial charge in [-0.05, 0) is 32.0 Å². The molecule has 0 saturated carbocycles. The standard InChI is InChI=1S/C18H24N2O4S/c1-6-10-19(11-7-2)25(22,23)15-8-9-17-16(12-15)20(14(3)21)13-18(4,5)24-17/h6-9,12H,1-2,10-11,13H2,3-5H3. The van der Waals surface area contributed by atoms with Crippen LogP contribution in [-0.2, 0) is 14.8 Å². The van der Waals surface area contributed by atoms with Crippen LogP contribution < -0.4 is 9.64 Å². The Hall–Kier alpha value is -2.12. The number of carbonyl (C=O) groups is 1. The van der Waals surface area contributed by atoms with Gasteiger partial charge in [0.05, 0.1) is 17.1 Å². The molecule has 0 aromatic heterocycles. The highest BCUT2D eigenvalue weighted by Gasteiger charge is 2.35. The number of ether oxygens (including phenoxy) is 1. The minimum absolute atomic E-state index is 0.101. The van der Waals surface area contributed by atoms with Crippen molar-refractivity contribution in [3.8, 4) is 5.75 Å². The summed E-state index contributed by atoms with van der Waals surface area (Å²) in [4.78, 5) is 13.7. The minimum Gasteiger partial charge on any atom is -0.484 e. The maximum atomic E-state index is 12.9. The first-order valence-electron chi connectivity index (χ1n) is 7.95. The predicted octanol–water partition coefficient (Wildman–Crippen LogP) is 2.57. The van der Waals surface area contributed by atoms with E-state index < -0.39 is 15.6 Å². The molecule has 1 heterocycles. The van der Waals surface area contributed by atoms with Gasteiger partial charge in [0.1, 0.15) is 11.4 Å². The molecule has 0 saturated heterocycles. The quantitative estimate of drug-likeness (QED) is 0.728. The first kappa shape index (κ1) is 19.2. The lowest BCUT2D eigenvalue weighted by atomic mass is 10.1. The Morgan fingerprint density at radius 2 is 1.92 bits per heavy atom. The maximum Gasteiger partial charge on any atom is 0.243 e. The first-order valence-corrected chi connectivity index (χ1v) is 9.39. The van der Waals surface area contributed by atoms with Gasteiger partial charge >= 0.3 is 0 Å². The van der Waals surface area contributed by atoms with Crippen LogP contribution in [-0.4, -0.2) is 43.9 Å². The van der Waals surface area contributed by atoms with Crippen LogP contribution in [0.4, 0.5) is 5.69 Å². The van der Waals surface area contributed by atoms with Gasteiger partial charge in [0.15, 0.2) is 0 Å². The fourth-order valence-corrected chi connectivity index (χ4v) is 4.14. The number of benzene rings is 1. The molecule has 1 aromatic rings. The van der Waals surface area contributed by atoms with Crippen LogP contribution >= 0.6 is 0 Å². The molecule has 0 bridgehead atoms. The normalized spacial score (nSPS) is 16.1. The van der Waals surface area contributed by atoms with E-state index in [-0.39, 0.29) is 23.9 Å². The van der Waals surface area contributed by atoms with Crippen LogP contribution in [0.1, 0.15) is 20.8 Å². The Labute approximate surface area is 149 Å². The summed E-state index contributed by atoms with van der Waals surface area (Å²) >= 11 is 0. The summed E-state index contributed by atoms with van der Waals surface area (Å²) in [6, 6.07) is 4.58. The van der Waals surface area contributed by atoms with Crippen molar-refractivity contribution in [2.75, 3.05) is 24.5 Å². The lowest BCUT2D eigenvalue weighted by molar-refractivity contribution is -0.117. The summed E-state index contributed by atoms with van der Waals surface area (Å²) in [5.41, 5.74) is -0.0818. The van der Waals surface area contributed by atoms with Gasteiger partial charge in [0.25, 0.3) is 0 Å². The smallest absolute Gasteiger partial charge is 0.243 e. The highest BCUT2D eigenvalue weighted by Crippen LogP contribution is 2.39. The van der Waals surface area contributed by atoms with E-state index in [0.717, 1.165) is 0 Å². The van der Waals surface area contributed by atoms with Crippen molar-refractivity contribution in [3.05, 3.63) is 43.5 Å². The van der Waals surface area contributed by atoms with Gasteiger partial charge in [-0.25, -0.2) is 8.42 Å². The summed E-state index contributed by atoms with van der Waals surface area (Å²) in [6.45, 7) is 13.1. The number of hydrogen-bond donors (Lipinski definition) is 0. The molecule has 7 heteroatoms. The van der Waals surface area contributed by atoms with Crippen LogP contribution in [0.5, 0.6) is 5.75 Å². The summed E-state index contributed by atoms with van der Waals surface area (Å²) < 4.78 is 32.9. The molecule has 1 amide bonds. The van der Waals surface area contributed by atoms with Gasteiger partial charge in [-0.3, -0.25) is 4.79 Å². The fraction of sp³-hybridized carbons (Fsp3) is 0.389. The number of fused-ring (bicyclic) bond motifs is 1. The number of nitrogens with zero attached hydrogens (tertiary/aromatic N) is 2. The number of anilines is 1. The molecule has 1 aliphatic heterocycles. The van der Waals surface area contributed by atoms with Gasteiger partial charge in [-0.2, -0.15) is 4.31 Å². The number of amides is 1. The van der Waals surface area contributed by atoms with Gasteiger partial charge in [0.2, 0.25) is 15.9 Å². The molecule has 136 valence electrons. The third-order valence-electron chi connectivity index (χ3n) is 3.83. The topological polar surface area (TPSA) is 66.9 Å². The van der Waals surface area contributed by atoms with Gasteiger partial charge in [-0.15, -0.1) is 13.2 Å². The van der Waals surface area contributed by atoms with Crippen molar-refractivity contribution in [1.82, 2.24) is 4.31 Å². The number of carbonyl (C=O) groups excluding carboxylic acids is 1. The zero-order chi connectivity index (χ0) is 18.8. The second-order valence-electron chi connectivity index (χ2n) is 6.50. The molecule has 0 aliphatic carbocycles. The van der Waals surface area contributed by atoms with E-state index >= 15 is 0 Å². The van der Waals surface area contributed by atoms with Crippen LogP contribution in [0, 0.1) is 0 Å². The summed E-state index contributed by atoms with van der Waals surface area (Å²) in [5.74, 6) is 0.325. The molecule has 0 radical (unpaired) electrons. The van der Waals surface area contributed by atoms with E-state index in [4.69, 9.17) is 4.74 Å². The molecule has 0 atom stereocenters. The number of rotatable bonds is 6. The first-order chi connectivity index (χ1) is 11.6. The molecule has 2 rings (SSSR count). The average Bonchev–Trinajstić information content (AvgIpc) is 2.52. The van der Waals surface area contributed by atoms with Crippen molar-refractivity contribution >= 4 is 21.6 Å². The van der Waals surface area contributed by atoms with Gasteiger partial charge in [0, 0.05) is 20.0 Å². The molecule has 0 N–H and O–H groups in total. The SMILES string of the molecule is C=CCN(CC=C)S(=O)(=O)c1ccc2c(c1)N(C(C)=O)CC(C)(C)O2. The molecule has 1 aromatic carbocycles. The number of sulfonamides is 1. The van der Waals surface area contributed by atoms with Crippen LogP contribution in [0.25, 0.3) is 0 Å². The van der Waals surface area contributed by atoms with Crippen molar-refractivity contribution in [1.29, 1.82) is 0 Å². The van der Waals surface area contributed by atoms with E-state index in [1.807, 2.05) is 13.8 Å². The van der Waals surface area contributed by atoms with Crippen LogP contribution in [0.15, 0.2) is 48.4 Å². The Kier molecular flexibility index (Phi) is 5.39. The highest BCUT2D eigenvalue weighted by atomic mass is 32.2. The van der Waals surface area contributed by atoms with Crippen molar-refractivity contribution in [2.45, 2.75) is 31.3 Å². The van der Waals surface area contributed by atoms with E-state index in [9.17, 15) is 13.2 Å². The Bertz CT molecular complexity index is 789. The Morgan fingerprint density at radius 3 is 2.44 bits per heavy atom. The number of hydrogen-bond acceptors (Lipinski definition) is 4. The third kappa shape index (κ3) is 3.93. The molecule has 6 nitrogen and oxygen atoms in total. The summed E-state index contributed by atoms with van der Waals surface area (Å²) in [5, 5.41) is 0. The Morgan fingerprint density at radius 1 is 1.32 bits per heavy atom. The second kappa shape index (κ2) is 7.01. The highest BCUT2D eigenvalue weighted by molar-refractivity contribution is 7.89. The molecule has 0 spiro atoms. The van der Waals surface area contributed by atoms with Crippen LogP contribution in [0.3, 0.4) is 0 Å². The Balaban J connectivity index is 2.52. The molecular weight excluding hydrogens is 340 g/mol. The molecule has 25 heavy (non-hydrogen) atoms. The fourth-order valence-electron chi connectivity index (χ4n) is 2.74. The summed E-state index contributed by atoms with van der Waals surface area (Å²) in [7, 11) is -3.74. The summed E-state index contributed by atoms with van der Waals surface area (Å²) in [6.07, 6.45) is 3.04. The molecule has 0 unspecified atom stereocenters. The largest absolute Gasteiger partial charge is 0.484 e. The van der Waals surface area contributed by atoms with Crippen molar-refractivity contribution in [3.63, 3.8) is 0 Å². The monoisotopic (exact) mass is 364 g/mol. The average molecular weight is 364 g/mol. The predicted molar refractivity (Wildman–Crippen MR) is 98.3 cm³/mol. The van der Waals surface area contributed by atoms with E-state index in [2.05, 4.69) is 13.2 Å². The lowest BCUT2D eigenvalue weighted by Gasteiger charge is -2.39. The van der Waals surface area contributed by atoms with E-state index in [1.165, 1.54) is 35.5 Å². The lowest BCUT2D eigenvalue weighted by Crippen LogP contribution is -2.48. The van der Waals surface area contributed by atoms with Crippen molar-refractivity contribution < 1.29 is 17.9 Å². The minimum atomic E-state index is -3.74. The van der Waals surface area contributed by atoms with Crippen molar-refractivity contribution in [2.24, 2.45) is 0 Å². The van der Waals surface area contributed by atoms with Gasteiger partial charge in [-0.1, -0.05) is 12.2 Å².